The molecule has 0 unspecified atom stereocenters. The zero-order chi connectivity index (χ0) is 14.3. The van der Waals surface area contributed by atoms with Crippen LogP contribution in [0.2, 0.25) is 0 Å². The van der Waals surface area contributed by atoms with Crippen LogP contribution in [0, 0.1) is 11.3 Å². The Morgan fingerprint density at radius 3 is 2.74 bits per heavy atom. The summed E-state index contributed by atoms with van der Waals surface area (Å²) in [5.41, 5.74) is 1.48. The van der Waals surface area contributed by atoms with E-state index in [1.54, 1.807) is 13.0 Å². The Morgan fingerprint density at radius 2 is 2.21 bits per heavy atom. The Hall–Kier alpha value is -1.54. The second kappa shape index (κ2) is 7.80. The van der Waals surface area contributed by atoms with Gasteiger partial charge >= 0.3 is 5.97 Å². The van der Waals surface area contributed by atoms with E-state index >= 15 is 0 Å². The van der Waals surface area contributed by atoms with Gasteiger partial charge in [-0.15, -0.1) is 0 Å². The van der Waals surface area contributed by atoms with E-state index in [1.165, 1.54) is 0 Å². The van der Waals surface area contributed by atoms with Crippen LogP contribution in [-0.4, -0.2) is 25.7 Å². The quantitative estimate of drug-likeness (QED) is 0.754. The van der Waals surface area contributed by atoms with Gasteiger partial charge in [-0.05, 0) is 47.5 Å². The molecule has 0 fully saturated rings. The van der Waals surface area contributed by atoms with Gasteiger partial charge < -0.3 is 9.64 Å². The van der Waals surface area contributed by atoms with Crippen molar-refractivity contribution in [3.8, 4) is 6.07 Å². The van der Waals surface area contributed by atoms with E-state index in [0.717, 1.165) is 23.1 Å². The zero-order valence-electron chi connectivity index (χ0n) is 11.1. The van der Waals surface area contributed by atoms with Crippen LogP contribution in [0.5, 0.6) is 0 Å². The minimum absolute atomic E-state index is 0.222. The molecule has 0 N–H and O–H groups in total. The van der Waals surface area contributed by atoms with Gasteiger partial charge in [0.15, 0.2) is 0 Å². The molecule has 102 valence electrons. The van der Waals surface area contributed by atoms with Crippen molar-refractivity contribution in [3.05, 3.63) is 28.2 Å². The molecule has 0 saturated carbocycles. The van der Waals surface area contributed by atoms with E-state index in [4.69, 9.17) is 10.00 Å². The highest BCUT2D eigenvalue weighted by molar-refractivity contribution is 9.10. The van der Waals surface area contributed by atoms with Gasteiger partial charge in [-0.25, -0.2) is 0 Å². The maximum absolute atomic E-state index is 11.6. The maximum Gasteiger partial charge on any atom is 0.325 e. The highest BCUT2D eigenvalue weighted by Crippen LogP contribution is 2.24. The molecule has 0 radical (unpaired) electrons. The largest absolute Gasteiger partial charge is 0.465 e. The van der Waals surface area contributed by atoms with E-state index in [-0.39, 0.29) is 12.5 Å². The minimum Gasteiger partial charge on any atom is -0.465 e. The van der Waals surface area contributed by atoms with Crippen molar-refractivity contribution in [2.24, 2.45) is 0 Å². The fourth-order valence-corrected chi connectivity index (χ4v) is 2.18. The van der Waals surface area contributed by atoms with Gasteiger partial charge in [0.25, 0.3) is 0 Å². The van der Waals surface area contributed by atoms with Crippen LogP contribution >= 0.6 is 15.9 Å². The molecule has 0 bridgehead atoms. The van der Waals surface area contributed by atoms with Gasteiger partial charge in [-0.2, -0.15) is 5.26 Å². The van der Waals surface area contributed by atoms with E-state index in [9.17, 15) is 4.79 Å². The monoisotopic (exact) mass is 324 g/mol. The predicted molar refractivity (Wildman–Crippen MR) is 78.0 cm³/mol. The van der Waals surface area contributed by atoms with Crippen molar-refractivity contribution in [1.29, 1.82) is 5.26 Å². The van der Waals surface area contributed by atoms with E-state index in [2.05, 4.69) is 28.9 Å². The van der Waals surface area contributed by atoms with Crippen molar-refractivity contribution >= 4 is 27.6 Å². The third kappa shape index (κ3) is 4.56. The topological polar surface area (TPSA) is 53.3 Å². The van der Waals surface area contributed by atoms with Gasteiger partial charge in [0.1, 0.15) is 12.6 Å². The molecule has 19 heavy (non-hydrogen) atoms. The molecule has 5 heteroatoms. The molecule has 1 rings (SSSR count). The molecule has 0 spiro atoms. The van der Waals surface area contributed by atoms with Crippen LogP contribution in [0.4, 0.5) is 5.69 Å². The Morgan fingerprint density at radius 1 is 1.47 bits per heavy atom. The average Bonchev–Trinajstić information content (AvgIpc) is 2.38. The lowest BCUT2D eigenvalue weighted by Crippen LogP contribution is -2.31. The Balaban J connectivity index is 2.90. The maximum atomic E-state index is 11.6. The lowest BCUT2D eigenvalue weighted by atomic mass is 10.2. The number of benzene rings is 1. The summed E-state index contributed by atoms with van der Waals surface area (Å²) >= 11 is 3.36. The highest BCUT2D eigenvalue weighted by atomic mass is 79.9. The second-order valence-electron chi connectivity index (χ2n) is 4.00. The van der Waals surface area contributed by atoms with E-state index in [0.29, 0.717) is 12.2 Å². The summed E-state index contributed by atoms with van der Waals surface area (Å²) in [4.78, 5) is 13.5. The number of ether oxygens (including phenoxy) is 1. The number of halogens is 1. The molecule has 0 aliphatic carbocycles. The van der Waals surface area contributed by atoms with Crippen LogP contribution in [-0.2, 0) is 9.53 Å². The van der Waals surface area contributed by atoms with Crippen LogP contribution in [0.1, 0.15) is 25.8 Å². The minimum atomic E-state index is -0.239. The Kier molecular flexibility index (Phi) is 6.37. The van der Waals surface area contributed by atoms with Gasteiger partial charge in [0, 0.05) is 16.7 Å². The standard InChI is InChI=1S/C14H17BrN2O2/c1-3-7-17(10-14(18)19-4-2)12-6-5-11(9-16)13(15)8-12/h5-6,8H,3-4,7,10H2,1-2H3. The molecular weight excluding hydrogens is 308 g/mol. The number of hydrogen-bond acceptors (Lipinski definition) is 4. The number of nitriles is 1. The fraction of sp³-hybridized carbons (Fsp3) is 0.429. The van der Waals surface area contributed by atoms with Gasteiger partial charge in [-0.1, -0.05) is 6.92 Å². The van der Waals surface area contributed by atoms with Crippen molar-refractivity contribution < 1.29 is 9.53 Å². The third-order valence-electron chi connectivity index (χ3n) is 2.56. The predicted octanol–water partition coefficient (Wildman–Crippen LogP) is 3.10. The van der Waals surface area contributed by atoms with E-state index in [1.807, 2.05) is 17.0 Å². The SMILES string of the molecule is CCCN(CC(=O)OCC)c1ccc(C#N)c(Br)c1. The first kappa shape index (κ1) is 15.5. The normalized spacial score (nSPS) is 9.79. The molecule has 0 aliphatic heterocycles. The lowest BCUT2D eigenvalue weighted by Gasteiger charge is -2.23. The van der Waals surface area contributed by atoms with Gasteiger partial charge in [-0.3, -0.25) is 4.79 Å². The first-order valence-corrected chi connectivity index (χ1v) is 7.01. The number of rotatable bonds is 6. The molecule has 4 nitrogen and oxygen atoms in total. The summed E-state index contributed by atoms with van der Waals surface area (Å²) in [6, 6.07) is 7.54. The highest BCUT2D eigenvalue weighted by Gasteiger charge is 2.13. The summed E-state index contributed by atoms with van der Waals surface area (Å²) in [7, 11) is 0. The number of nitrogens with zero attached hydrogens (tertiary/aromatic N) is 2. The molecule has 0 amide bonds. The van der Waals surface area contributed by atoms with Crippen molar-refractivity contribution in [1.82, 2.24) is 0 Å². The van der Waals surface area contributed by atoms with Crippen LogP contribution in [0.3, 0.4) is 0 Å². The van der Waals surface area contributed by atoms with Crippen LogP contribution in [0.25, 0.3) is 0 Å². The Labute approximate surface area is 122 Å². The average molecular weight is 325 g/mol. The van der Waals surface area contributed by atoms with Crippen LogP contribution in [0.15, 0.2) is 22.7 Å². The molecule has 0 aromatic heterocycles. The Bertz CT molecular complexity index is 483. The number of hydrogen-bond donors (Lipinski definition) is 0. The molecule has 0 aliphatic rings. The zero-order valence-corrected chi connectivity index (χ0v) is 12.7. The van der Waals surface area contributed by atoms with E-state index < -0.39 is 0 Å². The van der Waals surface area contributed by atoms with Gasteiger partial charge in [0.05, 0.1) is 12.2 Å². The second-order valence-corrected chi connectivity index (χ2v) is 4.86. The molecule has 0 atom stereocenters. The van der Waals surface area contributed by atoms with Crippen molar-refractivity contribution in [3.63, 3.8) is 0 Å². The number of carbonyl (C=O) groups is 1. The summed E-state index contributed by atoms with van der Waals surface area (Å²) in [6.45, 7) is 5.21. The third-order valence-corrected chi connectivity index (χ3v) is 3.21. The summed E-state index contributed by atoms with van der Waals surface area (Å²) in [5.74, 6) is -0.239. The molecule has 0 heterocycles. The molecule has 1 aromatic carbocycles. The molecule has 0 saturated heterocycles. The summed E-state index contributed by atoms with van der Waals surface area (Å²) in [5, 5.41) is 8.90. The van der Waals surface area contributed by atoms with Crippen LogP contribution < -0.4 is 4.90 Å². The fourth-order valence-electron chi connectivity index (χ4n) is 1.72. The van der Waals surface area contributed by atoms with Crippen molar-refractivity contribution in [2.45, 2.75) is 20.3 Å². The molecular formula is C14H17BrN2O2. The lowest BCUT2D eigenvalue weighted by molar-refractivity contribution is -0.141. The number of esters is 1. The summed E-state index contributed by atoms with van der Waals surface area (Å²) in [6.07, 6.45) is 0.928. The smallest absolute Gasteiger partial charge is 0.325 e. The first-order chi connectivity index (χ1) is 9.12. The van der Waals surface area contributed by atoms with Gasteiger partial charge in [0.2, 0.25) is 0 Å². The first-order valence-electron chi connectivity index (χ1n) is 6.22. The van der Waals surface area contributed by atoms with Crippen molar-refractivity contribution in [2.75, 3.05) is 24.6 Å². The molecule has 1 aromatic rings. The summed E-state index contributed by atoms with van der Waals surface area (Å²) < 4.78 is 5.70. The number of anilines is 1. The number of carbonyl (C=O) groups excluding carboxylic acids is 1.